The molecule has 0 atom stereocenters. The van der Waals surface area contributed by atoms with Crippen molar-refractivity contribution in [3.8, 4) is 5.75 Å². The molecule has 0 bridgehead atoms. The first kappa shape index (κ1) is 17.4. The lowest BCUT2D eigenvalue weighted by molar-refractivity contribution is 0.401. The normalized spacial score (nSPS) is 11.6. The molecule has 0 unspecified atom stereocenters. The minimum Gasteiger partial charge on any atom is -0.495 e. The molecule has 3 rings (SSSR count). The van der Waals surface area contributed by atoms with E-state index in [0.717, 1.165) is 29.0 Å². The Kier molecular flexibility index (Phi) is 4.53. The molecule has 0 amide bonds. The Morgan fingerprint density at radius 2 is 2.00 bits per heavy atom. The van der Waals surface area contributed by atoms with Crippen LogP contribution in [0.3, 0.4) is 0 Å². The Labute approximate surface area is 147 Å². The highest BCUT2D eigenvalue weighted by atomic mass is 32.2. The van der Waals surface area contributed by atoms with Crippen molar-refractivity contribution < 1.29 is 17.5 Å². The van der Waals surface area contributed by atoms with Crippen LogP contribution in [0.2, 0.25) is 0 Å². The zero-order valence-electron chi connectivity index (χ0n) is 13.4. The summed E-state index contributed by atoms with van der Waals surface area (Å²) in [7, 11) is -2.74. The second-order valence-corrected chi connectivity index (χ2v) is 7.84. The average Bonchev–Trinajstić information content (AvgIpc) is 2.88. The van der Waals surface area contributed by atoms with Gasteiger partial charge in [-0.25, -0.2) is 12.8 Å². The number of hydrogen-bond donors (Lipinski definition) is 1. The third-order valence-corrected chi connectivity index (χ3v) is 6.00. The highest BCUT2D eigenvalue weighted by molar-refractivity contribution is 7.92. The number of aryl methyl sites for hydroxylation is 1. The van der Waals surface area contributed by atoms with Gasteiger partial charge in [-0.1, -0.05) is 11.3 Å². The summed E-state index contributed by atoms with van der Waals surface area (Å²) >= 11 is 1.04. The van der Waals surface area contributed by atoms with Crippen LogP contribution in [-0.2, 0) is 16.6 Å². The fourth-order valence-corrected chi connectivity index (χ4v) is 4.73. The SMILES string of the molecule is CCn1c(=O)sc2cc(NS(=O)(=O)c3cc(F)ccc3OC)ccc21. The largest absolute Gasteiger partial charge is 0.495 e. The van der Waals surface area contributed by atoms with E-state index in [4.69, 9.17) is 4.74 Å². The zero-order valence-corrected chi connectivity index (χ0v) is 15.1. The number of ether oxygens (including phenoxy) is 1. The highest BCUT2D eigenvalue weighted by Crippen LogP contribution is 2.28. The number of nitrogens with one attached hydrogen (secondary N) is 1. The molecule has 1 aromatic heterocycles. The molecule has 0 saturated heterocycles. The molecule has 0 aliphatic heterocycles. The van der Waals surface area contributed by atoms with Gasteiger partial charge in [0.25, 0.3) is 10.0 Å². The van der Waals surface area contributed by atoms with Gasteiger partial charge < -0.3 is 4.74 Å². The van der Waals surface area contributed by atoms with Gasteiger partial charge in [0.15, 0.2) is 0 Å². The number of aromatic nitrogens is 1. The second kappa shape index (κ2) is 6.49. The summed E-state index contributed by atoms with van der Waals surface area (Å²) in [5, 5.41) is 0. The lowest BCUT2D eigenvalue weighted by Gasteiger charge is -2.12. The van der Waals surface area contributed by atoms with Crippen molar-refractivity contribution in [2.24, 2.45) is 0 Å². The van der Waals surface area contributed by atoms with Crippen LogP contribution in [0.4, 0.5) is 10.1 Å². The summed E-state index contributed by atoms with van der Waals surface area (Å²) in [6, 6.07) is 8.08. The molecule has 0 saturated carbocycles. The Hall–Kier alpha value is -2.39. The Morgan fingerprint density at radius 1 is 1.24 bits per heavy atom. The van der Waals surface area contributed by atoms with E-state index in [9.17, 15) is 17.6 Å². The van der Waals surface area contributed by atoms with E-state index in [1.165, 1.54) is 13.2 Å². The van der Waals surface area contributed by atoms with E-state index in [0.29, 0.717) is 11.2 Å². The molecular formula is C16H15FN2O4S2. The van der Waals surface area contributed by atoms with Gasteiger partial charge in [-0.05, 0) is 43.3 Å². The van der Waals surface area contributed by atoms with Crippen molar-refractivity contribution in [2.45, 2.75) is 18.4 Å². The summed E-state index contributed by atoms with van der Waals surface area (Å²) in [4.78, 5) is 11.5. The number of methoxy groups -OCH3 is 1. The molecule has 1 N–H and O–H groups in total. The number of anilines is 1. The quantitative estimate of drug-likeness (QED) is 0.736. The molecule has 3 aromatic rings. The fraction of sp³-hybridized carbons (Fsp3) is 0.188. The van der Waals surface area contributed by atoms with Crippen molar-refractivity contribution >= 4 is 37.3 Å². The third-order valence-electron chi connectivity index (χ3n) is 3.65. The predicted molar refractivity (Wildman–Crippen MR) is 95.5 cm³/mol. The van der Waals surface area contributed by atoms with Crippen LogP contribution in [0.5, 0.6) is 5.75 Å². The monoisotopic (exact) mass is 382 g/mol. The van der Waals surface area contributed by atoms with Gasteiger partial charge in [0.1, 0.15) is 16.5 Å². The van der Waals surface area contributed by atoms with Crippen LogP contribution in [-0.4, -0.2) is 20.1 Å². The van der Waals surface area contributed by atoms with Crippen LogP contribution >= 0.6 is 11.3 Å². The predicted octanol–water partition coefficient (Wildman–Crippen LogP) is 3.03. The van der Waals surface area contributed by atoms with E-state index in [-0.39, 0.29) is 21.2 Å². The molecule has 1 heterocycles. The van der Waals surface area contributed by atoms with E-state index < -0.39 is 15.8 Å². The van der Waals surface area contributed by atoms with Gasteiger partial charge in [-0.15, -0.1) is 0 Å². The van der Waals surface area contributed by atoms with Crippen molar-refractivity contribution in [3.05, 3.63) is 51.9 Å². The fourth-order valence-electron chi connectivity index (χ4n) is 2.50. The smallest absolute Gasteiger partial charge is 0.308 e. The molecule has 9 heteroatoms. The van der Waals surface area contributed by atoms with Gasteiger partial charge in [0.05, 0.1) is 23.0 Å². The van der Waals surface area contributed by atoms with Gasteiger partial charge in [-0.2, -0.15) is 0 Å². The first-order valence-electron chi connectivity index (χ1n) is 7.35. The molecule has 25 heavy (non-hydrogen) atoms. The second-order valence-electron chi connectivity index (χ2n) is 5.20. The number of rotatable bonds is 5. The number of halogens is 1. The molecule has 0 aliphatic carbocycles. The van der Waals surface area contributed by atoms with Gasteiger partial charge in [0.2, 0.25) is 0 Å². The minimum atomic E-state index is -4.05. The maximum atomic E-state index is 13.5. The van der Waals surface area contributed by atoms with Gasteiger partial charge >= 0.3 is 4.87 Å². The summed E-state index contributed by atoms with van der Waals surface area (Å²) in [5.41, 5.74) is 1.02. The molecule has 0 radical (unpaired) electrons. The average molecular weight is 382 g/mol. The van der Waals surface area contributed by atoms with E-state index in [1.54, 1.807) is 22.8 Å². The number of fused-ring (bicyclic) bond motifs is 1. The van der Waals surface area contributed by atoms with Crippen LogP contribution in [0.15, 0.2) is 46.1 Å². The van der Waals surface area contributed by atoms with E-state index in [1.807, 2.05) is 6.92 Å². The Bertz CT molecular complexity index is 1100. The molecule has 132 valence electrons. The minimum absolute atomic E-state index is 0.0387. The molecule has 0 fully saturated rings. The standard InChI is InChI=1S/C16H15FN2O4S2/c1-3-19-12-6-5-11(9-14(12)24-16(19)20)18-25(21,22)15-8-10(17)4-7-13(15)23-2/h4-9,18H,3H2,1-2H3. The topological polar surface area (TPSA) is 77.4 Å². The van der Waals surface area contributed by atoms with Crippen molar-refractivity contribution in [2.75, 3.05) is 11.8 Å². The van der Waals surface area contributed by atoms with Crippen molar-refractivity contribution in [1.82, 2.24) is 4.57 Å². The van der Waals surface area contributed by atoms with Crippen LogP contribution in [0, 0.1) is 5.82 Å². The molecule has 6 nitrogen and oxygen atoms in total. The first-order chi connectivity index (χ1) is 11.9. The maximum absolute atomic E-state index is 13.5. The Morgan fingerprint density at radius 3 is 2.68 bits per heavy atom. The van der Waals surface area contributed by atoms with Crippen molar-refractivity contribution in [1.29, 1.82) is 0 Å². The van der Waals surface area contributed by atoms with Gasteiger partial charge in [-0.3, -0.25) is 14.1 Å². The number of nitrogens with zero attached hydrogens (tertiary/aromatic N) is 1. The Balaban J connectivity index is 2.03. The van der Waals surface area contributed by atoms with Gasteiger partial charge in [0, 0.05) is 6.54 Å². The zero-order chi connectivity index (χ0) is 18.2. The van der Waals surface area contributed by atoms with Crippen LogP contribution < -0.4 is 14.3 Å². The lowest BCUT2D eigenvalue weighted by Crippen LogP contribution is -2.14. The number of benzene rings is 2. The van der Waals surface area contributed by atoms with Crippen molar-refractivity contribution in [3.63, 3.8) is 0 Å². The molecular weight excluding hydrogens is 367 g/mol. The third kappa shape index (κ3) is 3.24. The lowest BCUT2D eigenvalue weighted by atomic mass is 10.3. The summed E-state index contributed by atoms with van der Waals surface area (Å²) in [6.45, 7) is 2.39. The molecule has 0 aliphatic rings. The number of thiazole rings is 1. The van der Waals surface area contributed by atoms with Crippen LogP contribution in [0.25, 0.3) is 10.2 Å². The summed E-state index contributed by atoms with van der Waals surface area (Å²) in [6.07, 6.45) is 0. The number of hydrogen-bond acceptors (Lipinski definition) is 5. The first-order valence-corrected chi connectivity index (χ1v) is 9.65. The van der Waals surface area contributed by atoms with E-state index >= 15 is 0 Å². The molecule has 2 aromatic carbocycles. The van der Waals surface area contributed by atoms with E-state index in [2.05, 4.69) is 4.72 Å². The summed E-state index contributed by atoms with van der Waals surface area (Å²) in [5.74, 6) is -0.647. The van der Waals surface area contributed by atoms with Crippen LogP contribution in [0.1, 0.15) is 6.92 Å². The molecule has 0 spiro atoms. The summed E-state index contributed by atoms with van der Waals surface area (Å²) < 4.78 is 48.3. The maximum Gasteiger partial charge on any atom is 0.308 e. The number of sulfonamides is 1. The highest BCUT2D eigenvalue weighted by Gasteiger charge is 2.21.